The van der Waals surface area contributed by atoms with E-state index in [9.17, 15) is 18.0 Å². The molecular weight excluding hydrogens is 469 g/mol. The van der Waals surface area contributed by atoms with Gasteiger partial charge in [0, 0.05) is 42.8 Å². The Morgan fingerprint density at radius 3 is 2.67 bits per heavy atom. The topological polar surface area (TPSA) is 68.8 Å². The van der Waals surface area contributed by atoms with Crippen molar-refractivity contribution in [2.75, 3.05) is 6.54 Å². The number of halogens is 3. The van der Waals surface area contributed by atoms with Crippen LogP contribution in [0.15, 0.2) is 48.9 Å². The second kappa shape index (κ2) is 8.70. The summed E-state index contributed by atoms with van der Waals surface area (Å²) in [6.07, 6.45) is 8.37. The molecule has 1 saturated heterocycles. The number of rotatable bonds is 5. The Labute approximate surface area is 205 Å². The van der Waals surface area contributed by atoms with Crippen molar-refractivity contribution >= 4 is 5.78 Å². The maximum absolute atomic E-state index is 14.0. The number of nitrogens with zero attached hydrogens (tertiary/aromatic N) is 6. The van der Waals surface area contributed by atoms with Crippen LogP contribution in [0.2, 0.25) is 0 Å². The zero-order chi connectivity index (χ0) is 25.0. The number of carbonyl (C=O) groups excluding carboxylic acids is 1. The lowest BCUT2D eigenvalue weighted by Gasteiger charge is -2.45. The summed E-state index contributed by atoms with van der Waals surface area (Å²) in [5.74, 6) is -4.04. The Morgan fingerprint density at radius 2 is 1.92 bits per heavy atom. The highest BCUT2D eigenvalue weighted by molar-refractivity contribution is 5.96. The van der Waals surface area contributed by atoms with Crippen LogP contribution in [0, 0.1) is 17.5 Å². The van der Waals surface area contributed by atoms with E-state index in [0.717, 1.165) is 48.3 Å². The van der Waals surface area contributed by atoms with Gasteiger partial charge < -0.3 is 0 Å². The second-order valence-electron chi connectivity index (χ2n) is 9.34. The molecule has 0 radical (unpaired) electrons. The second-order valence-corrected chi connectivity index (χ2v) is 9.34. The minimum atomic E-state index is -1.48. The lowest BCUT2D eigenvalue weighted by Crippen LogP contribution is -2.48. The van der Waals surface area contributed by atoms with Gasteiger partial charge in [-0.15, -0.1) is 0 Å². The van der Waals surface area contributed by atoms with Gasteiger partial charge >= 0.3 is 0 Å². The molecule has 1 fully saturated rings. The largest absolute Gasteiger partial charge is 0.291 e. The van der Waals surface area contributed by atoms with E-state index >= 15 is 0 Å². The smallest absolute Gasteiger partial charge is 0.195 e. The van der Waals surface area contributed by atoms with Crippen LogP contribution in [0.5, 0.6) is 0 Å². The van der Waals surface area contributed by atoms with Crippen LogP contribution in [0.3, 0.4) is 0 Å². The molecule has 0 N–H and O–H groups in total. The minimum absolute atomic E-state index is 0.0765. The quantitative estimate of drug-likeness (QED) is 0.305. The summed E-state index contributed by atoms with van der Waals surface area (Å²) in [4.78, 5) is 19.8. The Hall–Kier alpha value is -3.79. The molecule has 2 unspecified atom stereocenters. The molecule has 0 spiro atoms. The molecule has 184 valence electrons. The van der Waals surface area contributed by atoms with Crippen molar-refractivity contribution in [3.05, 3.63) is 83.3 Å². The lowest BCUT2D eigenvalue weighted by atomic mass is 9.81. The average Bonchev–Trinajstić information content (AvgIpc) is 3.51. The van der Waals surface area contributed by atoms with E-state index < -0.39 is 17.5 Å². The van der Waals surface area contributed by atoms with Gasteiger partial charge in [-0.2, -0.15) is 10.2 Å². The van der Waals surface area contributed by atoms with Gasteiger partial charge in [-0.25, -0.2) is 17.9 Å². The van der Waals surface area contributed by atoms with Gasteiger partial charge in [0.25, 0.3) is 0 Å². The highest BCUT2D eigenvalue weighted by atomic mass is 19.2. The third-order valence-electron chi connectivity index (χ3n) is 7.20. The van der Waals surface area contributed by atoms with Crippen LogP contribution in [0.4, 0.5) is 13.2 Å². The first-order valence-electron chi connectivity index (χ1n) is 11.9. The average molecular weight is 493 g/mol. The van der Waals surface area contributed by atoms with E-state index in [1.165, 1.54) is 0 Å². The first-order chi connectivity index (χ1) is 17.4. The Kier molecular flexibility index (Phi) is 5.48. The number of hydrogen-bond acceptors (Lipinski definition) is 5. The fraction of sp³-hybridized carbons (Fsp3) is 0.308. The van der Waals surface area contributed by atoms with E-state index in [4.69, 9.17) is 5.10 Å². The molecule has 2 aliphatic rings. The molecule has 2 aliphatic heterocycles. The van der Waals surface area contributed by atoms with Crippen LogP contribution in [0.25, 0.3) is 16.9 Å². The van der Waals surface area contributed by atoms with Gasteiger partial charge in [0.05, 0.1) is 29.7 Å². The molecule has 5 heterocycles. The lowest BCUT2D eigenvalue weighted by molar-refractivity contribution is 0.0559. The molecule has 1 aromatic carbocycles. The molecule has 36 heavy (non-hydrogen) atoms. The molecular formula is C26H23F3N6O. The first kappa shape index (κ1) is 22.7. The minimum Gasteiger partial charge on any atom is -0.291 e. The Bertz CT molecular complexity index is 1440. The molecule has 0 amide bonds. The number of aromatic nitrogens is 5. The number of hydrogen-bond donors (Lipinski definition) is 0. The molecule has 2 bridgehead atoms. The van der Waals surface area contributed by atoms with E-state index in [2.05, 4.69) is 15.0 Å². The van der Waals surface area contributed by atoms with Crippen molar-refractivity contribution in [1.29, 1.82) is 0 Å². The number of benzene rings is 1. The summed E-state index contributed by atoms with van der Waals surface area (Å²) in [5.41, 5.74) is 3.67. The molecule has 2 atom stereocenters. The summed E-state index contributed by atoms with van der Waals surface area (Å²) in [7, 11) is 1.72. The Balaban J connectivity index is 1.32. The summed E-state index contributed by atoms with van der Waals surface area (Å²) in [6.45, 7) is 0.191. The summed E-state index contributed by atoms with van der Waals surface area (Å²) in [5, 5.41) is 8.92. The fourth-order valence-corrected chi connectivity index (χ4v) is 5.61. The van der Waals surface area contributed by atoms with Crippen molar-refractivity contribution in [2.45, 2.75) is 37.8 Å². The fourth-order valence-electron chi connectivity index (χ4n) is 5.61. The van der Waals surface area contributed by atoms with Crippen molar-refractivity contribution in [1.82, 2.24) is 29.4 Å². The van der Waals surface area contributed by atoms with Crippen molar-refractivity contribution < 1.29 is 18.0 Å². The highest BCUT2D eigenvalue weighted by Gasteiger charge is 2.42. The third kappa shape index (κ3) is 3.72. The van der Waals surface area contributed by atoms with Gasteiger partial charge in [-0.05, 0) is 56.0 Å². The zero-order valence-corrected chi connectivity index (χ0v) is 19.5. The standard InChI is InChI=1S/C26H23F3N6O/c1-33-26(15-10-19(27)24(29)20(28)11-15)18-12-16-4-2-5-22(25(18)32-33)34(16)14-23(36)21-13-17(6-8-30-21)35-9-3-7-31-35/h3,6-11,13,16,22H,2,4-5,12,14H2,1H3. The predicted molar refractivity (Wildman–Crippen MR) is 125 cm³/mol. The molecule has 0 saturated carbocycles. The molecule has 3 aromatic heterocycles. The molecule has 10 heteroatoms. The maximum atomic E-state index is 14.0. The number of pyridine rings is 1. The van der Waals surface area contributed by atoms with Gasteiger partial charge in [-0.1, -0.05) is 0 Å². The number of piperidine rings is 1. The summed E-state index contributed by atoms with van der Waals surface area (Å²) in [6, 6.07) is 7.34. The van der Waals surface area contributed by atoms with Crippen LogP contribution >= 0.6 is 0 Å². The van der Waals surface area contributed by atoms with E-state index in [-0.39, 0.29) is 30.0 Å². The monoisotopic (exact) mass is 492 g/mol. The van der Waals surface area contributed by atoms with Crippen LogP contribution in [-0.4, -0.2) is 47.8 Å². The van der Waals surface area contributed by atoms with E-state index in [1.807, 2.05) is 6.07 Å². The predicted octanol–water partition coefficient (Wildman–Crippen LogP) is 4.42. The number of ketones is 1. The molecule has 7 nitrogen and oxygen atoms in total. The van der Waals surface area contributed by atoms with E-state index in [1.54, 1.807) is 47.1 Å². The number of fused-ring (bicyclic) bond motifs is 4. The summed E-state index contributed by atoms with van der Waals surface area (Å²) >= 11 is 0. The van der Waals surface area contributed by atoms with Crippen LogP contribution in [0.1, 0.15) is 47.1 Å². The number of Topliss-reactive ketones (excluding diaryl/α,β-unsaturated/α-hetero) is 1. The van der Waals surface area contributed by atoms with Crippen LogP contribution < -0.4 is 0 Å². The third-order valence-corrected chi connectivity index (χ3v) is 7.20. The molecule has 4 aromatic rings. The SMILES string of the molecule is Cn1nc2c(c1-c1cc(F)c(F)c(F)c1)CC1CCCC2N1CC(=O)c1cc(-n2cccn2)ccn1. The zero-order valence-electron chi connectivity index (χ0n) is 19.5. The Morgan fingerprint density at radius 1 is 1.11 bits per heavy atom. The molecule has 0 aliphatic carbocycles. The normalized spacial score (nSPS) is 19.3. The van der Waals surface area contributed by atoms with Crippen LogP contribution in [-0.2, 0) is 13.5 Å². The van der Waals surface area contributed by atoms with Crippen molar-refractivity contribution in [2.24, 2.45) is 7.05 Å². The van der Waals surface area contributed by atoms with Gasteiger partial charge in [0.15, 0.2) is 23.2 Å². The maximum Gasteiger partial charge on any atom is 0.195 e. The number of aryl methyl sites for hydroxylation is 1. The van der Waals surface area contributed by atoms with Gasteiger partial charge in [0.1, 0.15) is 5.69 Å². The van der Waals surface area contributed by atoms with Crippen molar-refractivity contribution in [3.63, 3.8) is 0 Å². The van der Waals surface area contributed by atoms with Gasteiger partial charge in [0.2, 0.25) is 0 Å². The number of carbonyl (C=O) groups is 1. The molecule has 6 rings (SSSR count). The first-order valence-corrected chi connectivity index (χ1v) is 11.9. The van der Waals surface area contributed by atoms with Gasteiger partial charge in [-0.3, -0.25) is 19.4 Å². The highest BCUT2D eigenvalue weighted by Crippen LogP contribution is 2.44. The van der Waals surface area contributed by atoms with E-state index in [0.29, 0.717) is 17.8 Å². The van der Waals surface area contributed by atoms with Crippen molar-refractivity contribution in [3.8, 4) is 16.9 Å². The summed E-state index contributed by atoms with van der Waals surface area (Å²) < 4.78 is 44.9.